The Morgan fingerprint density at radius 3 is 2.05 bits per heavy atom. The SMILES string of the molecule is Cc1cc([N+](=O)[O-])ccc1-c1ccc(/C=N\NC(=O)[C@H](NC(=O)c2cc([N+](=O)[O-])cc([N+](=O)[O-])c2)C(C)C)o1. The van der Waals surface area contributed by atoms with Crippen molar-refractivity contribution in [3.8, 4) is 11.3 Å². The molecule has 3 rings (SSSR count). The molecule has 3 aromatic rings. The molecular formula is C24H22N6O9. The van der Waals surface area contributed by atoms with Crippen LogP contribution in [0.15, 0.2) is 58.0 Å². The number of nitrogens with zero attached hydrogens (tertiary/aromatic N) is 4. The van der Waals surface area contributed by atoms with E-state index in [9.17, 15) is 39.9 Å². The van der Waals surface area contributed by atoms with Crippen LogP contribution in [0.25, 0.3) is 11.3 Å². The molecule has 0 saturated heterocycles. The van der Waals surface area contributed by atoms with Crippen molar-refractivity contribution in [2.24, 2.45) is 11.0 Å². The molecule has 0 spiro atoms. The predicted octanol–water partition coefficient (Wildman–Crippen LogP) is 3.88. The summed E-state index contributed by atoms with van der Waals surface area (Å²) in [7, 11) is 0. The summed E-state index contributed by atoms with van der Waals surface area (Å²) in [5.74, 6) is -1.40. The Morgan fingerprint density at radius 2 is 1.51 bits per heavy atom. The Bertz CT molecular complexity index is 1460. The normalized spacial score (nSPS) is 11.8. The van der Waals surface area contributed by atoms with E-state index in [-0.39, 0.29) is 17.0 Å². The number of furan rings is 1. The van der Waals surface area contributed by atoms with Crippen molar-refractivity contribution in [1.82, 2.24) is 10.7 Å². The molecule has 0 saturated carbocycles. The average molecular weight is 538 g/mol. The van der Waals surface area contributed by atoms with Crippen molar-refractivity contribution >= 4 is 35.1 Å². The van der Waals surface area contributed by atoms with E-state index in [1.54, 1.807) is 39.0 Å². The first-order chi connectivity index (χ1) is 18.4. The van der Waals surface area contributed by atoms with E-state index in [1.807, 2.05) is 0 Å². The van der Waals surface area contributed by atoms with Gasteiger partial charge in [0, 0.05) is 29.8 Å². The van der Waals surface area contributed by atoms with E-state index in [4.69, 9.17) is 4.42 Å². The molecule has 0 aliphatic heterocycles. The van der Waals surface area contributed by atoms with Crippen molar-refractivity contribution in [2.45, 2.75) is 26.8 Å². The van der Waals surface area contributed by atoms with Crippen LogP contribution in [0, 0.1) is 43.2 Å². The van der Waals surface area contributed by atoms with Gasteiger partial charge in [0.2, 0.25) is 0 Å². The molecular weight excluding hydrogens is 516 g/mol. The third kappa shape index (κ3) is 6.85. The van der Waals surface area contributed by atoms with Gasteiger partial charge in [0.25, 0.3) is 28.9 Å². The van der Waals surface area contributed by atoms with E-state index in [2.05, 4.69) is 15.8 Å². The summed E-state index contributed by atoms with van der Waals surface area (Å²) >= 11 is 0. The predicted molar refractivity (Wildman–Crippen MR) is 137 cm³/mol. The van der Waals surface area contributed by atoms with Gasteiger partial charge in [0.15, 0.2) is 0 Å². The number of nitrogens with one attached hydrogen (secondary N) is 2. The molecule has 1 aromatic heterocycles. The maximum Gasteiger partial charge on any atom is 0.277 e. The number of amides is 2. The van der Waals surface area contributed by atoms with Crippen LogP contribution in [-0.4, -0.2) is 38.8 Å². The number of aryl methyl sites for hydroxylation is 1. The Kier molecular flexibility index (Phi) is 8.45. The topological polar surface area (TPSA) is 213 Å². The van der Waals surface area contributed by atoms with E-state index in [1.165, 1.54) is 18.3 Å². The Hall–Kier alpha value is -5.47. The fourth-order valence-corrected chi connectivity index (χ4v) is 3.53. The number of nitro groups is 3. The number of rotatable bonds is 10. The molecule has 0 aliphatic carbocycles. The number of carbonyl (C=O) groups is 2. The minimum Gasteiger partial charge on any atom is -0.455 e. The first kappa shape index (κ1) is 28.1. The van der Waals surface area contributed by atoms with Gasteiger partial charge in [-0.25, -0.2) is 5.43 Å². The largest absolute Gasteiger partial charge is 0.455 e. The van der Waals surface area contributed by atoms with Gasteiger partial charge in [-0.05, 0) is 36.6 Å². The number of carbonyl (C=O) groups excluding carboxylic acids is 2. The van der Waals surface area contributed by atoms with Gasteiger partial charge in [-0.2, -0.15) is 5.10 Å². The molecule has 202 valence electrons. The standard InChI is InChI=1S/C24H22N6O9/c1-13(2)22(26-23(31)15-9-17(29(35)36)11-18(10-15)30(37)38)24(32)27-25-12-19-5-7-21(39-19)20-6-4-16(28(33)34)8-14(20)3/h4-13,22H,1-3H3,(H,26,31)(H,27,32)/b25-12-/t22-/m1/s1. The van der Waals surface area contributed by atoms with Gasteiger partial charge in [0.1, 0.15) is 17.6 Å². The summed E-state index contributed by atoms with van der Waals surface area (Å²) < 4.78 is 5.67. The maximum absolute atomic E-state index is 12.7. The second kappa shape index (κ2) is 11.7. The number of benzene rings is 2. The van der Waals surface area contributed by atoms with Crippen molar-refractivity contribution in [2.75, 3.05) is 0 Å². The molecule has 1 heterocycles. The lowest BCUT2D eigenvalue weighted by atomic mass is 10.0. The van der Waals surface area contributed by atoms with Crippen molar-refractivity contribution in [3.63, 3.8) is 0 Å². The van der Waals surface area contributed by atoms with Gasteiger partial charge < -0.3 is 9.73 Å². The van der Waals surface area contributed by atoms with Crippen LogP contribution in [-0.2, 0) is 4.79 Å². The second-order valence-electron chi connectivity index (χ2n) is 8.64. The summed E-state index contributed by atoms with van der Waals surface area (Å²) in [4.78, 5) is 56.3. The first-order valence-corrected chi connectivity index (χ1v) is 11.3. The fraction of sp³-hybridized carbons (Fsp3) is 0.208. The quantitative estimate of drug-likeness (QED) is 0.217. The van der Waals surface area contributed by atoms with E-state index in [0.29, 0.717) is 16.9 Å². The van der Waals surface area contributed by atoms with Gasteiger partial charge in [0.05, 0.1) is 32.6 Å². The zero-order valence-electron chi connectivity index (χ0n) is 20.8. The lowest BCUT2D eigenvalue weighted by molar-refractivity contribution is -0.394. The lowest BCUT2D eigenvalue weighted by Gasteiger charge is -2.20. The van der Waals surface area contributed by atoms with Crippen LogP contribution in [0.5, 0.6) is 0 Å². The van der Waals surface area contributed by atoms with Gasteiger partial charge >= 0.3 is 0 Å². The molecule has 15 nitrogen and oxygen atoms in total. The van der Waals surface area contributed by atoms with Crippen LogP contribution < -0.4 is 10.7 Å². The number of hydrogen-bond acceptors (Lipinski definition) is 10. The zero-order valence-corrected chi connectivity index (χ0v) is 20.8. The summed E-state index contributed by atoms with van der Waals surface area (Å²) in [5.41, 5.74) is 1.83. The van der Waals surface area contributed by atoms with Gasteiger partial charge in [-0.15, -0.1) is 0 Å². The molecule has 1 atom stereocenters. The monoisotopic (exact) mass is 538 g/mol. The van der Waals surface area contributed by atoms with Crippen LogP contribution >= 0.6 is 0 Å². The summed E-state index contributed by atoms with van der Waals surface area (Å²) in [6, 6.07) is 8.86. The Balaban J connectivity index is 1.70. The Morgan fingerprint density at radius 1 is 0.897 bits per heavy atom. The number of non-ortho nitro benzene ring substituents is 3. The highest BCUT2D eigenvalue weighted by Gasteiger charge is 2.27. The molecule has 2 amide bonds. The fourth-order valence-electron chi connectivity index (χ4n) is 3.53. The zero-order chi connectivity index (χ0) is 28.9. The molecule has 0 fully saturated rings. The molecule has 2 aromatic carbocycles. The van der Waals surface area contributed by atoms with Crippen molar-refractivity contribution in [3.05, 3.63) is 95.8 Å². The smallest absolute Gasteiger partial charge is 0.277 e. The first-order valence-electron chi connectivity index (χ1n) is 11.3. The Labute approximate surface area is 220 Å². The summed E-state index contributed by atoms with van der Waals surface area (Å²) in [6.07, 6.45) is 1.21. The number of hydrazone groups is 1. The van der Waals surface area contributed by atoms with Crippen molar-refractivity contribution in [1.29, 1.82) is 0 Å². The van der Waals surface area contributed by atoms with Crippen LogP contribution in [0.4, 0.5) is 17.1 Å². The minimum absolute atomic E-state index is 0.0530. The molecule has 15 heteroatoms. The minimum atomic E-state index is -1.14. The molecule has 0 aliphatic rings. The second-order valence-corrected chi connectivity index (χ2v) is 8.64. The maximum atomic E-state index is 12.7. The third-order valence-electron chi connectivity index (χ3n) is 5.50. The molecule has 0 unspecified atom stereocenters. The van der Waals surface area contributed by atoms with Gasteiger partial charge in [-0.3, -0.25) is 39.9 Å². The summed E-state index contributed by atoms with van der Waals surface area (Å²) in [5, 5.41) is 39.4. The van der Waals surface area contributed by atoms with Crippen molar-refractivity contribution < 1.29 is 28.8 Å². The lowest BCUT2D eigenvalue weighted by Crippen LogP contribution is -2.48. The number of hydrogen-bond donors (Lipinski definition) is 2. The molecule has 0 radical (unpaired) electrons. The highest BCUT2D eigenvalue weighted by Crippen LogP contribution is 2.28. The van der Waals surface area contributed by atoms with Crippen LogP contribution in [0.1, 0.15) is 35.5 Å². The van der Waals surface area contributed by atoms with E-state index in [0.717, 1.165) is 18.2 Å². The highest BCUT2D eigenvalue weighted by atomic mass is 16.6. The molecule has 39 heavy (non-hydrogen) atoms. The van der Waals surface area contributed by atoms with Crippen LogP contribution in [0.2, 0.25) is 0 Å². The molecule has 2 N–H and O–H groups in total. The van der Waals surface area contributed by atoms with Crippen LogP contribution in [0.3, 0.4) is 0 Å². The molecule has 0 bridgehead atoms. The number of nitro benzene ring substituents is 3. The third-order valence-corrected chi connectivity index (χ3v) is 5.50. The summed E-state index contributed by atoms with van der Waals surface area (Å²) in [6.45, 7) is 4.97. The van der Waals surface area contributed by atoms with E-state index < -0.39 is 49.9 Å². The van der Waals surface area contributed by atoms with E-state index >= 15 is 0 Å². The average Bonchev–Trinajstić information content (AvgIpc) is 3.34. The highest BCUT2D eigenvalue weighted by molar-refractivity contribution is 5.98. The van der Waals surface area contributed by atoms with Gasteiger partial charge in [-0.1, -0.05) is 13.8 Å².